The Bertz CT molecular complexity index is 391. The highest BCUT2D eigenvalue weighted by Crippen LogP contribution is 2.24. The van der Waals surface area contributed by atoms with E-state index >= 15 is 0 Å². The number of hydrogen-bond acceptors (Lipinski definition) is 4. The van der Waals surface area contributed by atoms with Gasteiger partial charge in [0.15, 0.2) is 0 Å². The fraction of sp³-hybridized carbons (Fsp3) is 0.750. The van der Waals surface area contributed by atoms with E-state index in [-0.39, 0.29) is 18.4 Å². The van der Waals surface area contributed by atoms with Gasteiger partial charge in [-0.3, -0.25) is 9.59 Å². The Morgan fingerprint density at radius 1 is 1.45 bits per heavy atom. The number of thioether (sulfide) groups is 1. The van der Waals surface area contributed by atoms with E-state index in [1.807, 2.05) is 13.2 Å². The number of urea groups is 1. The molecule has 1 heterocycles. The lowest BCUT2D eigenvalue weighted by Gasteiger charge is -2.23. The predicted octanol–water partition coefficient (Wildman–Crippen LogP) is -0.0445. The maximum Gasteiger partial charge on any atom is 0.312 e. The van der Waals surface area contributed by atoms with Gasteiger partial charge in [-0.1, -0.05) is 6.92 Å². The number of amides is 3. The Labute approximate surface area is 122 Å². The Balaban J connectivity index is 2.69. The third-order valence-corrected chi connectivity index (χ3v) is 4.11. The van der Waals surface area contributed by atoms with Crippen LogP contribution in [0.3, 0.4) is 0 Å². The zero-order valence-electron chi connectivity index (χ0n) is 11.7. The summed E-state index contributed by atoms with van der Waals surface area (Å²) in [5.74, 6) is -1.08. The molecule has 0 radical (unpaired) electrons. The number of likely N-dealkylation sites (tertiary alicyclic amines) is 1. The second-order valence-electron chi connectivity index (χ2n) is 5.01. The van der Waals surface area contributed by atoms with E-state index in [2.05, 4.69) is 5.32 Å². The van der Waals surface area contributed by atoms with Crippen LogP contribution in [-0.4, -0.2) is 59.1 Å². The maximum atomic E-state index is 12.4. The first kappa shape index (κ1) is 16.6. The molecule has 1 aliphatic heterocycles. The van der Waals surface area contributed by atoms with Crippen LogP contribution >= 0.6 is 11.8 Å². The molecule has 3 amide bonds. The third-order valence-electron chi connectivity index (χ3n) is 3.47. The quantitative estimate of drug-likeness (QED) is 0.637. The molecule has 4 N–H and O–H groups in total. The van der Waals surface area contributed by atoms with Gasteiger partial charge in [0.2, 0.25) is 5.91 Å². The van der Waals surface area contributed by atoms with Crippen LogP contribution in [-0.2, 0) is 9.59 Å². The molecule has 1 saturated heterocycles. The molecule has 0 aromatic rings. The van der Waals surface area contributed by atoms with Crippen molar-refractivity contribution in [3.05, 3.63) is 0 Å². The minimum atomic E-state index is -0.892. The second-order valence-corrected chi connectivity index (χ2v) is 5.99. The summed E-state index contributed by atoms with van der Waals surface area (Å²) in [4.78, 5) is 35.9. The van der Waals surface area contributed by atoms with Crippen molar-refractivity contribution in [2.75, 3.05) is 25.1 Å². The maximum absolute atomic E-state index is 12.4. The van der Waals surface area contributed by atoms with Crippen molar-refractivity contribution in [3.63, 3.8) is 0 Å². The van der Waals surface area contributed by atoms with Gasteiger partial charge in [0.05, 0.1) is 5.92 Å². The molecule has 114 valence electrons. The van der Waals surface area contributed by atoms with Crippen LogP contribution in [0.2, 0.25) is 0 Å². The van der Waals surface area contributed by atoms with Gasteiger partial charge in [0, 0.05) is 13.1 Å². The van der Waals surface area contributed by atoms with Crippen LogP contribution in [0.25, 0.3) is 0 Å². The number of aliphatic carboxylic acids is 1. The molecule has 3 atom stereocenters. The fourth-order valence-electron chi connectivity index (χ4n) is 2.35. The number of primary amides is 1. The van der Waals surface area contributed by atoms with Crippen LogP contribution in [0.15, 0.2) is 0 Å². The van der Waals surface area contributed by atoms with Gasteiger partial charge in [-0.05, 0) is 24.3 Å². The molecule has 20 heavy (non-hydrogen) atoms. The Morgan fingerprint density at radius 3 is 2.55 bits per heavy atom. The molecule has 0 aliphatic carbocycles. The minimum Gasteiger partial charge on any atom is -0.481 e. The van der Waals surface area contributed by atoms with E-state index < -0.39 is 24.0 Å². The van der Waals surface area contributed by atoms with Crippen molar-refractivity contribution in [2.24, 2.45) is 17.6 Å². The summed E-state index contributed by atoms with van der Waals surface area (Å²) in [6, 6.07) is -1.42. The lowest BCUT2D eigenvalue weighted by atomic mass is 9.99. The summed E-state index contributed by atoms with van der Waals surface area (Å²) in [5, 5.41) is 11.5. The van der Waals surface area contributed by atoms with Gasteiger partial charge in [-0.25, -0.2) is 4.79 Å². The lowest BCUT2D eigenvalue weighted by Crippen LogP contribution is -2.50. The van der Waals surface area contributed by atoms with Gasteiger partial charge in [0.1, 0.15) is 6.04 Å². The van der Waals surface area contributed by atoms with Crippen molar-refractivity contribution >= 4 is 29.7 Å². The number of nitrogens with zero attached hydrogens (tertiary/aromatic N) is 1. The van der Waals surface area contributed by atoms with Crippen molar-refractivity contribution < 1.29 is 19.5 Å². The summed E-state index contributed by atoms with van der Waals surface area (Å²) in [6.45, 7) is 2.39. The first-order valence-electron chi connectivity index (χ1n) is 6.43. The predicted molar refractivity (Wildman–Crippen MR) is 76.4 cm³/mol. The largest absolute Gasteiger partial charge is 0.481 e. The second kappa shape index (κ2) is 7.37. The van der Waals surface area contributed by atoms with Gasteiger partial charge in [-0.2, -0.15) is 11.8 Å². The molecule has 1 fully saturated rings. The number of carboxylic acids is 1. The molecular weight excluding hydrogens is 282 g/mol. The highest BCUT2D eigenvalue weighted by atomic mass is 32.2. The fourth-order valence-corrected chi connectivity index (χ4v) is 2.82. The summed E-state index contributed by atoms with van der Waals surface area (Å²) in [5.41, 5.74) is 5.08. The van der Waals surface area contributed by atoms with E-state index in [0.29, 0.717) is 18.7 Å². The van der Waals surface area contributed by atoms with Crippen LogP contribution in [0.1, 0.15) is 13.3 Å². The van der Waals surface area contributed by atoms with Crippen molar-refractivity contribution in [2.45, 2.75) is 19.4 Å². The molecule has 0 spiro atoms. The Hall–Kier alpha value is -1.44. The van der Waals surface area contributed by atoms with Crippen LogP contribution in [0.4, 0.5) is 4.79 Å². The van der Waals surface area contributed by atoms with E-state index in [1.54, 1.807) is 11.8 Å². The number of carbonyl (C=O) groups is 3. The molecule has 0 aromatic carbocycles. The summed E-state index contributed by atoms with van der Waals surface area (Å²) in [7, 11) is 0. The van der Waals surface area contributed by atoms with E-state index in [4.69, 9.17) is 10.8 Å². The normalized spacial score (nSPS) is 23.4. The number of nitrogens with one attached hydrogen (secondary N) is 1. The number of carbonyl (C=O) groups excluding carboxylic acids is 2. The van der Waals surface area contributed by atoms with Gasteiger partial charge in [-0.15, -0.1) is 0 Å². The molecule has 0 bridgehead atoms. The zero-order valence-corrected chi connectivity index (χ0v) is 12.5. The molecule has 1 aliphatic rings. The molecule has 8 heteroatoms. The standard InChI is InChI=1S/C12H21N3O4S/c1-7-5-15(6-8(7)11(17)18)10(16)9(3-4-20-2)14-12(13)19/h7-9H,3-6H2,1-2H3,(H,17,18)(H3,13,14,19)/t7-,8-,9?/m1/s1. The summed E-state index contributed by atoms with van der Waals surface area (Å²) >= 11 is 1.57. The monoisotopic (exact) mass is 303 g/mol. The van der Waals surface area contributed by atoms with Gasteiger partial charge < -0.3 is 21.1 Å². The molecule has 0 saturated carbocycles. The highest BCUT2D eigenvalue weighted by molar-refractivity contribution is 7.98. The molecule has 1 unspecified atom stereocenters. The first-order valence-corrected chi connectivity index (χ1v) is 7.82. The highest BCUT2D eigenvalue weighted by Gasteiger charge is 2.38. The SMILES string of the molecule is CSCCC(NC(N)=O)C(=O)N1C[C@@H](C)[C@H](C(=O)O)C1. The number of nitrogens with two attached hydrogens (primary N) is 1. The van der Waals surface area contributed by atoms with Crippen LogP contribution in [0, 0.1) is 11.8 Å². The minimum absolute atomic E-state index is 0.0915. The molecular formula is C12H21N3O4S. The molecule has 1 rings (SSSR count). The van der Waals surface area contributed by atoms with Crippen molar-refractivity contribution in [1.29, 1.82) is 0 Å². The molecule has 0 aromatic heterocycles. The average molecular weight is 303 g/mol. The van der Waals surface area contributed by atoms with Crippen LogP contribution in [0.5, 0.6) is 0 Å². The third kappa shape index (κ3) is 4.29. The number of hydrogen-bond donors (Lipinski definition) is 3. The first-order chi connectivity index (χ1) is 9.36. The number of rotatable bonds is 6. The Morgan fingerprint density at radius 2 is 2.10 bits per heavy atom. The van der Waals surface area contributed by atoms with Crippen LogP contribution < -0.4 is 11.1 Å². The van der Waals surface area contributed by atoms with Crippen molar-refractivity contribution in [3.8, 4) is 0 Å². The van der Waals surface area contributed by atoms with Gasteiger partial charge in [0.25, 0.3) is 0 Å². The topological polar surface area (TPSA) is 113 Å². The van der Waals surface area contributed by atoms with Crippen molar-refractivity contribution in [1.82, 2.24) is 10.2 Å². The van der Waals surface area contributed by atoms with E-state index in [1.165, 1.54) is 4.90 Å². The Kier molecular flexibility index (Phi) is 6.12. The number of carboxylic acid groups (broad SMARTS) is 1. The van der Waals surface area contributed by atoms with Gasteiger partial charge >= 0.3 is 12.0 Å². The summed E-state index contributed by atoms with van der Waals surface area (Å²) < 4.78 is 0. The molecule has 7 nitrogen and oxygen atoms in total. The smallest absolute Gasteiger partial charge is 0.312 e. The lowest BCUT2D eigenvalue weighted by molar-refractivity contribution is -0.142. The van der Waals surface area contributed by atoms with E-state index in [0.717, 1.165) is 0 Å². The zero-order chi connectivity index (χ0) is 15.3. The van der Waals surface area contributed by atoms with E-state index in [9.17, 15) is 14.4 Å². The average Bonchev–Trinajstić information content (AvgIpc) is 2.75. The summed E-state index contributed by atoms with van der Waals surface area (Å²) in [6.07, 6.45) is 2.38.